The molecule has 0 saturated carbocycles. The molecule has 8 nitrogen and oxygen atoms in total. The Kier molecular flexibility index (Phi) is 4.41. The van der Waals surface area contributed by atoms with Crippen LogP contribution in [0.2, 0.25) is 0 Å². The number of furan rings is 1. The lowest BCUT2D eigenvalue weighted by atomic mass is 9.99. The average molecular weight is 357 g/mol. The summed E-state index contributed by atoms with van der Waals surface area (Å²) >= 11 is 0. The summed E-state index contributed by atoms with van der Waals surface area (Å²) in [5.41, 5.74) is 0.0712. The molecule has 8 heteroatoms. The van der Waals surface area contributed by atoms with Gasteiger partial charge in [0.1, 0.15) is 18.1 Å². The Morgan fingerprint density at radius 2 is 2.12 bits per heavy atom. The molecule has 1 fully saturated rings. The molecule has 0 unspecified atom stereocenters. The molecule has 2 N–H and O–H groups in total. The van der Waals surface area contributed by atoms with E-state index in [1.807, 2.05) is 13.0 Å². The van der Waals surface area contributed by atoms with E-state index in [4.69, 9.17) is 9.15 Å². The largest absolute Gasteiger partial charge is 0.495 e. The lowest BCUT2D eigenvalue weighted by Gasteiger charge is -2.19. The molecule has 2 aromatic rings. The molecule has 1 aliphatic heterocycles. The topological polar surface area (TPSA) is 101 Å². The zero-order valence-electron chi connectivity index (χ0n) is 14.7. The molecule has 26 heavy (non-hydrogen) atoms. The normalized spacial score (nSPS) is 19.4. The van der Waals surface area contributed by atoms with Crippen molar-refractivity contribution in [2.24, 2.45) is 0 Å². The maximum absolute atomic E-state index is 12.7. The van der Waals surface area contributed by atoms with Gasteiger partial charge >= 0.3 is 6.03 Å². The van der Waals surface area contributed by atoms with E-state index >= 15 is 0 Å². The number of nitrogens with one attached hydrogen (secondary N) is 2. The third kappa shape index (κ3) is 3.01. The van der Waals surface area contributed by atoms with Gasteiger partial charge in [-0.1, -0.05) is 6.07 Å². The number of ether oxygens (including phenoxy) is 1. The highest BCUT2D eigenvalue weighted by molar-refractivity contribution is 6.10. The van der Waals surface area contributed by atoms with Crippen LogP contribution in [0.5, 0.6) is 5.75 Å². The summed E-state index contributed by atoms with van der Waals surface area (Å²) in [6.07, 6.45) is 1.42. The van der Waals surface area contributed by atoms with E-state index in [1.165, 1.54) is 20.3 Å². The highest BCUT2D eigenvalue weighted by Gasteiger charge is 2.51. The molecule has 0 radical (unpaired) electrons. The smallest absolute Gasteiger partial charge is 0.325 e. The van der Waals surface area contributed by atoms with Crippen LogP contribution < -0.4 is 15.4 Å². The Morgan fingerprint density at radius 1 is 1.35 bits per heavy atom. The van der Waals surface area contributed by atoms with Gasteiger partial charge in [0, 0.05) is 0 Å². The fourth-order valence-corrected chi connectivity index (χ4v) is 2.82. The van der Waals surface area contributed by atoms with Crippen LogP contribution in [0, 0.1) is 6.92 Å². The van der Waals surface area contributed by atoms with Gasteiger partial charge < -0.3 is 19.8 Å². The minimum absolute atomic E-state index is 0.305. The Morgan fingerprint density at radius 3 is 2.77 bits per heavy atom. The van der Waals surface area contributed by atoms with Gasteiger partial charge in [0.15, 0.2) is 5.54 Å². The van der Waals surface area contributed by atoms with Crippen molar-refractivity contribution >= 4 is 23.5 Å². The van der Waals surface area contributed by atoms with Gasteiger partial charge in [-0.2, -0.15) is 0 Å². The van der Waals surface area contributed by atoms with E-state index in [9.17, 15) is 14.4 Å². The number of rotatable bonds is 5. The van der Waals surface area contributed by atoms with Crippen LogP contribution in [-0.2, 0) is 15.1 Å². The predicted molar refractivity (Wildman–Crippen MR) is 92.7 cm³/mol. The standard InChI is InChI=1S/C18H19N3O5/c1-11-6-7-13(25-3)12(9-11)19-15(22)10-21-16(23)18(2,20-17(21)24)14-5-4-8-26-14/h4-9H,10H2,1-3H3,(H,19,22)(H,20,24)/t18-/m0/s1. The number of imide groups is 1. The molecule has 2 heterocycles. The number of carbonyl (C=O) groups excluding carboxylic acids is 3. The maximum Gasteiger partial charge on any atom is 0.325 e. The first-order valence-electron chi connectivity index (χ1n) is 7.97. The Labute approximate surface area is 150 Å². The Bertz CT molecular complexity index is 862. The molecule has 1 saturated heterocycles. The van der Waals surface area contributed by atoms with E-state index in [0.29, 0.717) is 17.2 Å². The maximum atomic E-state index is 12.7. The number of aryl methyl sites for hydroxylation is 1. The van der Waals surface area contributed by atoms with Crippen molar-refractivity contribution < 1.29 is 23.5 Å². The summed E-state index contributed by atoms with van der Waals surface area (Å²) in [5, 5.41) is 5.24. The van der Waals surface area contributed by atoms with Gasteiger partial charge in [0.05, 0.1) is 19.1 Å². The molecule has 136 valence electrons. The number of nitrogens with zero attached hydrogens (tertiary/aromatic N) is 1. The minimum atomic E-state index is -1.33. The minimum Gasteiger partial charge on any atom is -0.495 e. The number of carbonyl (C=O) groups is 3. The average Bonchev–Trinajstić information content (AvgIpc) is 3.20. The number of amides is 4. The molecule has 1 aliphatic rings. The van der Waals surface area contributed by atoms with Gasteiger partial charge in [-0.05, 0) is 43.7 Å². The molecular formula is C18H19N3O5. The quantitative estimate of drug-likeness (QED) is 0.797. The van der Waals surface area contributed by atoms with Crippen molar-refractivity contribution in [3.63, 3.8) is 0 Å². The second-order valence-electron chi connectivity index (χ2n) is 6.18. The molecular weight excluding hydrogens is 338 g/mol. The van der Waals surface area contributed by atoms with Crippen molar-refractivity contribution in [2.75, 3.05) is 19.0 Å². The van der Waals surface area contributed by atoms with Crippen molar-refractivity contribution in [2.45, 2.75) is 19.4 Å². The molecule has 1 atom stereocenters. The van der Waals surface area contributed by atoms with Gasteiger partial charge in [-0.15, -0.1) is 0 Å². The molecule has 0 bridgehead atoms. The molecule has 0 spiro atoms. The van der Waals surface area contributed by atoms with E-state index in [1.54, 1.807) is 24.3 Å². The first kappa shape index (κ1) is 17.5. The van der Waals surface area contributed by atoms with Crippen molar-refractivity contribution in [1.82, 2.24) is 10.2 Å². The number of hydrogen-bond acceptors (Lipinski definition) is 5. The van der Waals surface area contributed by atoms with Crippen molar-refractivity contribution in [3.8, 4) is 5.75 Å². The highest BCUT2D eigenvalue weighted by atomic mass is 16.5. The second-order valence-corrected chi connectivity index (χ2v) is 6.18. The summed E-state index contributed by atoms with van der Waals surface area (Å²) in [6, 6.07) is 7.89. The van der Waals surface area contributed by atoms with Crippen molar-refractivity contribution in [3.05, 3.63) is 47.9 Å². The van der Waals surface area contributed by atoms with Crippen LogP contribution in [0.25, 0.3) is 0 Å². The third-order valence-corrected chi connectivity index (χ3v) is 4.22. The number of methoxy groups -OCH3 is 1. The summed E-state index contributed by atoms with van der Waals surface area (Å²) in [6.45, 7) is 2.99. The van der Waals surface area contributed by atoms with Crippen LogP contribution in [0.3, 0.4) is 0 Å². The van der Waals surface area contributed by atoms with Gasteiger partial charge in [0.25, 0.3) is 5.91 Å². The Hall–Kier alpha value is -3.29. The number of urea groups is 1. The van der Waals surface area contributed by atoms with Gasteiger partial charge in [0.2, 0.25) is 5.91 Å². The van der Waals surface area contributed by atoms with Crippen molar-refractivity contribution in [1.29, 1.82) is 0 Å². The molecule has 1 aromatic heterocycles. The SMILES string of the molecule is COc1ccc(C)cc1NC(=O)CN1C(=O)N[C@@](C)(c2ccco2)C1=O. The highest BCUT2D eigenvalue weighted by Crippen LogP contribution is 2.29. The third-order valence-electron chi connectivity index (χ3n) is 4.22. The first-order valence-corrected chi connectivity index (χ1v) is 7.97. The monoisotopic (exact) mass is 357 g/mol. The predicted octanol–water partition coefficient (Wildman–Crippen LogP) is 2.00. The zero-order chi connectivity index (χ0) is 18.9. The van der Waals surface area contributed by atoms with Crippen LogP contribution in [0.1, 0.15) is 18.2 Å². The van der Waals surface area contributed by atoms with E-state index < -0.39 is 29.9 Å². The van der Waals surface area contributed by atoms with E-state index in [0.717, 1.165) is 10.5 Å². The van der Waals surface area contributed by atoms with Crippen LogP contribution >= 0.6 is 0 Å². The van der Waals surface area contributed by atoms with Gasteiger partial charge in [-0.3, -0.25) is 14.5 Å². The summed E-state index contributed by atoms with van der Waals surface area (Å²) in [7, 11) is 1.49. The molecule has 4 amide bonds. The van der Waals surface area contributed by atoms with Crippen LogP contribution in [-0.4, -0.2) is 36.4 Å². The molecule has 0 aliphatic carbocycles. The Balaban J connectivity index is 1.75. The second kappa shape index (κ2) is 6.55. The summed E-state index contributed by atoms with van der Waals surface area (Å²) in [4.78, 5) is 38.1. The van der Waals surface area contributed by atoms with Crippen LogP contribution in [0.4, 0.5) is 10.5 Å². The van der Waals surface area contributed by atoms with Gasteiger partial charge in [-0.25, -0.2) is 4.79 Å². The van der Waals surface area contributed by atoms with Crippen LogP contribution in [0.15, 0.2) is 41.0 Å². The fraction of sp³-hybridized carbons (Fsp3) is 0.278. The lowest BCUT2D eigenvalue weighted by Crippen LogP contribution is -2.41. The lowest BCUT2D eigenvalue weighted by molar-refractivity contribution is -0.134. The molecule has 3 rings (SSSR count). The fourth-order valence-electron chi connectivity index (χ4n) is 2.82. The number of anilines is 1. The zero-order valence-corrected chi connectivity index (χ0v) is 14.7. The number of hydrogen-bond donors (Lipinski definition) is 2. The summed E-state index contributed by atoms with van der Waals surface area (Å²) in [5.74, 6) is -0.273. The molecule has 1 aromatic carbocycles. The first-order chi connectivity index (χ1) is 12.3. The summed E-state index contributed by atoms with van der Waals surface area (Å²) < 4.78 is 10.5. The number of benzene rings is 1. The van der Waals surface area contributed by atoms with E-state index in [2.05, 4.69) is 10.6 Å². The van der Waals surface area contributed by atoms with E-state index in [-0.39, 0.29) is 0 Å².